The maximum absolute atomic E-state index is 10.7. The summed E-state index contributed by atoms with van der Waals surface area (Å²) in [5, 5.41) is 4.06. The van der Waals surface area contributed by atoms with Gasteiger partial charge in [0, 0.05) is 5.41 Å². The second-order valence-corrected chi connectivity index (χ2v) is 4.55. The van der Waals surface area contributed by atoms with Crippen molar-refractivity contribution in [3.05, 3.63) is 35.9 Å². The highest BCUT2D eigenvalue weighted by molar-refractivity contribution is 6.04. The molecular formula is C12H17N3O. The third-order valence-corrected chi connectivity index (χ3v) is 2.04. The average molecular weight is 219 g/mol. The van der Waals surface area contributed by atoms with E-state index in [4.69, 9.17) is 5.73 Å². The molecule has 0 saturated heterocycles. The van der Waals surface area contributed by atoms with E-state index >= 15 is 0 Å². The van der Waals surface area contributed by atoms with E-state index in [1.54, 1.807) is 0 Å². The van der Waals surface area contributed by atoms with Crippen molar-refractivity contribution in [2.45, 2.75) is 20.8 Å². The third kappa shape index (κ3) is 3.38. The third-order valence-electron chi connectivity index (χ3n) is 2.04. The van der Waals surface area contributed by atoms with E-state index in [1.807, 2.05) is 51.1 Å². The second kappa shape index (κ2) is 4.79. The van der Waals surface area contributed by atoms with Crippen LogP contribution in [0.5, 0.6) is 0 Å². The smallest absolute Gasteiger partial charge is 0.332 e. The minimum absolute atomic E-state index is 0.163. The summed E-state index contributed by atoms with van der Waals surface area (Å²) >= 11 is 0. The first kappa shape index (κ1) is 12.2. The number of primary amides is 1. The molecule has 0 unspecified atom stereocenters. The SMILES string of the molecule is CC(C)(C)/C(=N/NC(N)=O)c1ccccc1. The number of nitrogens with zero attached hydrogens (tertiary/aromatic N) is 1. The van der Waals surface area contributed by atoms with Crippen LogP contribution in [0.3, 0.4) is 0 Å². The summed E-state index contributed by atoms with van der Waals surface area (Å²) in [6.45, 7) is 6.09. The first-order chi connectivity index (χ1) is 7.41. The normalized spacial score (nSPS) is 12.3. The van der Waals surface area contributed by atoms with Gasteiger partial charge in [-0.1, -0.05) is 51.1 Å². The molecule has 86 valence electrons. The summed E-state index contributed by atoms with van der Waals surface area (Å²) in [6.07, 6.45) is 0. The van der Waals surface area contributed by atoms with Crippen LogP contribution >= 0.6 is 0 Å². The van der Waals surface area contributed by atoms with Gasteiger partial charge < -0.3 is 5.73 Å². The van der Waals surface area contributed by atoms with Gasteiger partial charge in [0.1, 0.15) is 0 Å². The van der Waals surface area contributed by atoms with Gasteiger partial charge in [-0.15, -0.1) is 0 Å². The standard InChI is InChI=1S/C12H17N3O/c1-12(2,3)10(14-15-11(13)16)9-7-5-4-6-8-9/h4-8H,1-3H3,(H3,13,15,16)/b14-10+. The Balaban J connectivity index is 3.07. The molecule has 0 radical (unpaired) electrons. The number of hydrazone groups is 1. The van der Waals surface area contributed by atoms with Crippen LogP contribution in [0.15, 0.2) is 35.4 Å². The number of rotatable bonds is 2. The molecule has 0 aromatic heterocycles. The molecule has 0 heterocycles. The number of carbonyl (C=O) groups is 1. The van der Waals surface area contributed by atoms with Crippen molar-refractivity contribution in [1.29, 1.82) is 0 Å². The van der Waals surface area contributed by atoms with Gasteiger partial charge >= 0.3 is 6.03 Å². The molecule has 0 saturated carbocycles. The van der Waals surface area contributed by atoms with Crippen LogP contribution in [0.4, 0.5) is 4.79 Å². The molecule has 2 amide bonds. The summed E-state index contributed by atoms with van der Waals surface area (Å²) in [7, 11) is 0. The van der Waals surface area contributed by atoms with Crippen molar-refractivity contribution >= 4 is 11.7 Å². The maximum atomic E-state index is 10.7. The highest BCUT2D eigenvalue weighted by Crippen LogP contribution is 2.21. The molecular weight excluding hydrogens is 202 g/mol. The molecule has 4 heteroatoms. The van der Waals surface area contributed by atoms with Crippen LogP contribution in [-0.2, 0) is 0 Å². The number of hydrogen-bond acceptors (Lipinski definition) is 2. The largest absolute Gasteiger partial charge is 0.350 e. The van der Waals surface area contributed by atoms with E-state index in [1.165, 1.54) is 0 Å². The number of hydrogen-bond donors (Lipinski definition) is 2. The fraction of sp³-hybridized carbons (Fsp3) is 0.333. The lowest BCUT2D eigenvalue weighted by Gasteiger charge is -2.21. The van der Waals surface area contributed by atoms with Gasteiger partial charge in [0.15, 0.2) is 0 Å². The van der Waals surface area contributed by atoms with Crippen LogP contribution in [0.1, 0.15) is 26.3 Å². The highest BCUT2D eigenvalue weighted by atomic mass is 16.2. The second-order valence-electron chi connectivity index (χ2n) is 4.55. The first-order valence-corrected chi connectivity index (χ1v) is 5.10. The van der Waals surface area contributed by atoms with Crippen LogP contribution in [-0.4, -0.2) is 11.7 Å². The minimum Gasteiger partial charge on any atom is -0.350 e. The van der Waals surface area contributed by atoms with Gasteiger partial charge in [-0.3, -0.25) is 0 Å². The number of nitrogens with two attached hydrogens (primary N) is 1. The quantitative estimate of drug-likeness (QED) is 0.580. The molecule has 0 aliphatic rings. The summed E-state index contributed by atoms with van der Waals surface area (Å²) in [5.74, 6) is 0. The van der Waals surface area contributed by atoms with E-state index < -0.39 is 6.03 Å². The summed E-state index contributed by atoms with van der Waals surface area (Å²) < 4.78 is 0. The van der Waals surface area contributed by atoms with Crippen molar-refractivity contribution in [2.75, 3.05) is 0 Å². The topological polar surface area (TPSA) is 67.5 Å². The molecule has 1 aromatic rings. The molecule has 1 aromatic carbocycles. The number of carbonyl (C=O) groups excluding carboxylic acids is 1. The Hall–Kier alpha value is -1.84. The van der Waals surface area contributed by atoms with Gasteiger partial charge in [-0.25, -0.2) is 10.2 Å². The van der Waals surface area contributed by atoms with E-state index in [0.717, 1.165) is 11.3 Å². The fourth-order valence-corrected chi connectivity index (χ4v) is 1.37. The predicted octanol–water partition coefficient (Wildman–Crippen LogP) is 2.11. The molecule has 16 heavy (non-hydrogen) atoms. The van der Waals surface area contributed by atoms with Gasteiger partial charge in [-0.05, 0) is 5.56 Å². The molecule has 0 fully saturated rings. The fourth-order valence-electron chi connectivity index (χ4n) is 1.37. The zero-order valence-electron chi connectivity index (χ0n) is 9.82. The van der Waals surface area contributed by atoms with Crippen molar-refractivity contribution in [1.82, 2.24) is 5.43 Å². The highest BCUT2D eigenvalue weighted by Gasteiger charge is 2.20. The Labute approximate surface area is 95.5 Å². The lowest BCUT2D eigenvalue weighted by atomic mass is 9.86. The number of nitrogens with one attached hydrogen (secondary N) is 1. The Bertz CT molecular complexity index is 390. The molecule has 0 spiro atoms. The monoisotopic (exact) mass is 219 g/mol. The Morgan fingerprint density at radius 1 is 1.25 bits per heavy atom. The van der Waals surface area contributed by atoms with E-state index in [-0.39, 0.29) is 5.41 Å². The summed E-state index contributed by atoms with van der Waals surface area (Å²) in [6, 6.07) is 9.05. The minimum atomic E-state index is -0.655. The zero-order chi connectivity index (χ0) is 12.2. The predicted molar refractivity (Wildman–Crippen MR) is 65.2 cm³/mol. The van der Waals surface area contributed by atoms with Crippen molar-refractivity contribution in [3.8, 4) is 0 Å². The van der Waals surface area contributed by atoms with Crippen LogP contribution in [0.2, 0.25) is 0 Å². The molecule has 0 atom stereocenters. The van der Waals surface area contributed by atoms with E-state index in [2.05, 4.69) is 10.5 Å². The van der Waals surface area contributed by atoms with Gasteiger partial charge in [0.2, 0.25) is 0 Å². The van der Waals surface area contributed by atoms with Gasteiger partial charge in [-0.2, -0.15) is 5.10 Å². The summed E-state index contributed by atoms with van der Waals surface area (Å²) in [4.78, 5) is 10.7. The van der Waals surface area contributed by atoms with Crippen molar-refractivity contribution < 1.29 is 4.79 Å². The van der Waals surface area contributed by atoms with Crippen LogP contribution in [0, 0.1) is 5.41 Å². The average Bonchev–Trinajstić information content (AvgIpc) is 2.17. The van der Waals surface area contributed by atoms with Crippen molar-refractivity contribution in [3.63, 3.8) is 0 Å². The van der Waals surface area contributed by atoms with E-state index in [0.29, 0.717) is 0 Å². The lowest BCUT2D eigenvalue weighted by Crippen LogP contribution is -2.30. The van der Waals surface area contributed by atoms with Crippen LogP contribution < -0.4 is 11.2 Å². The Kier molecular flexibility index (Phi) is 3.66. The van der Waals surface area contributed by atoms with Crippen molar-refractivity contribution in [2.24, 2.45) is 16.3 Å². The summed E-state index contributed by atoms with van der Waals surface area (Å²) in [5.41, 5.74) is 8.89. The van der Waals surface area contributed by atoms with Gasteiger partial charge in [0.25, 0.3) is 0 Å². The molecule has 1 rings (SSSR count). The molecule has 4 nitrogen and oxygen atoms in total. The number of urea groups is 1. The van der Waals surface area contributed by atoms with E-state index in [9.17, 15) is 4.79 Å². The number of benzene rings is 1. The molecule has 0 aliphatic carbocycles. The Morgan fingerprint density at radius 2 is 1.81 bits per heavy atom. The van der Waals surface area contributed by atoms with Crippen LogP contribution in [0.25, 0.3) is 0 Å². The molecule has 0 aliphatic heterocycles. The maximum Gasteiger partial charge on any atom is 0.332 e. The zero-order valence-corrected chi connectivity index (χ0v) is 9.82. The molecule has 0 bridgehead atoms. The number of amides is 2. The first-order valence-electron chi connectivity index (χ1n) is 5.10. The Morgan fingerprint density at radius 3 is 2.25 bits per heavy atom. The molecule has 3 N–H and O–H groups in total. The lowest BCUT2D eigenvalue weighted by molar-refractivity contribution is 0.249. The van der Waals surface area contributed by atoms with Gasteiger partial charge in [0.05, 0.1) is 5.71 Å².